The fraction of sp³-hybridized carbons (Fsp3) is 0.417. The van der Waals surface area contributed by atoms with Gasteiger partial charge in [0.15, 0.2) is 0 Å². The Morgan fingerprint density at radius 3 is 2.44 bits per heavy atom. The van der Waals surface area contributed by atoms with Crippen LogP contribution < -0.4 is 4.90 Å². The van der Waals surface area contributed by atoms with Gasteiger partial charge in [0, 0.05) is 18.0 Å². The second-order valence-electron chi connectivity index (χ2n) is 3.33. The summed E-state index contributed by atoms with van der Waals surface area (Å²) in [6, 6.07) is 5.63. The summed E-state index contributed by atoms with van der Waals surface area (Å²) in [5, 5.41) is 9.28. The molecular formula is C12H17NO2S. The zero-order chi connectivity index (χ0) is 12.1. The van der Waals surface area contributed by atoms with Gasteiger partial charge in [-0.3, -0.25) is 0 Å². The minimum Gasteiger partial charge on any atom is -0.478 e. The molecule has 1 rings (SSSR count). The highest BCUT2D eigenvalue weighted by Gasteiger charge is 2.17. The van der Waals surface area contributed by atoms with Gasteiger partial charge in [0.05, 0.1) is 11.3 Å². The maximum Gasteiger partial charge on any atom is 0.338 e. The first-order chi connectivity index (χ1) is 7.65. The highest BCUT2D eigenvalue weighted by molar-refractivity contribution is 7.98. The summed E-state index contributed by atoms with van der Waals surface area (Å²) in [4.78, 5) is 14.2. The molecule has 0 unspecified atom stereocenters. The Hall–Kier alpha value is -1.16. The van der Waals surface area contributed by atoms with Crippen molar-refractivity contribution in [2.75, 3.05) is 24.2 Å². The quantitative estimate of drug-likeness (QED) is 0.802. The molecule has 0 aliphatic rings. The number of carbonyl (C=O) groups is 1. The number of carboxylic acid groups (broad SMARTS) is 1. The lowest BCUT2D eigenvalue weighted by molar-refractivity contribution is 0.0694. The van der Waals surface area contributed by atoms with Gasteiger partial charge in [0.2, 0.25) is 0 Å². The third-order valence-corrected chi connectivity index (χ3v) is 3.32. The fourth-order valence-corrected chi connectivity index (χ4v) is 2.34. The second-order valence-corrected chi connectivity index (χ2v) is 4.18. The molecule has 0 fully saturated rings. The van der Waals surface area contributed by atoms with Crippen molar-refractivity contribution < 1.29 is 9.90 Å². The minimum atomic E-state index is -0.855. The largest absolute Gasteiger partial charge is 0.478 e. The molecule has 0 saturated carbocycles. The van der Waals surface area contributed by atoms with Crippen LogP contribution in [0.5, 0.6) is 0 Å². The normalized spacial score (nSPS) is 10.2. The summed E-state index contributed by atoms with van der Waals surface area (Å²) < 4.78 is 0. The van der Waals surface area contributed by atoms with E-state index in [1.54, 1.807) is 0 Å². The standard InChI is InChI=1S/C12H17NO2S/c1-4-13(5-2)9-7-6-8-10(16-3)11(9)12(14)15/h6-8H,4-5H2,1-3H3,(H,14,15). The second kappa shape index (κ2) is 5.80. The SMILES string of the molecule is CCN(CC)c1cccc(SC)c1C(=O)O. The number of rotatable bonds is 5. The zero-order valence-electron chi connectivity index (χ0n) is 9.86. The number of aromatic carboxylic acids is 1. The molecule has 0 bridgehead atoms. The lowest BCUT2D eigenvalue weighted by Crippen LogP contribution is -2.24. The molecule has 0 saturated heterocycles. The molecule has 88 valence electrons. The number of hydrogen-bond donors (Lipinski definition) is 1. The van der Waals surface area contributed by atoms with Gasteiger partial charge in [0.1, 0.15) is 0 Å². The van der Waals surface area contributed by atoms with E-state index in [2.05, 4.69) is 4.90 Å². The van der Waals surface area contributed by atoms with Crippen LogP contribution >= 0.6 is 11.8 Å². The number of hydrogen-bond acceptors (Lipinski definition) is 3. The van der Waals surface area contributed by atoms with E-state index in [4.69, 9.17) is 0 Å². The van der Waals surface area contributed by atoms with Gasteiger partial charge < -0.3 is 10.0 Å². The first kappa shape index (κ1) is 12.9. The molecule has 3 nitrogen and oxygen atoms in total. The predicted octanol–water partition coefficient (Wildman–Crippen LogP) is 2.95. The van der Waals surface area contributed by atoms with Gasteiger partial charge in [-0.15, -0.1) is 11.8 Å². The molecule has 0 aliphatic heterocycles. The first-order valence-corrected chi connectivity index (χ1v) is 6.53. The topological polar surface area (TPSA) is 40.5 Å². The van der Waals surface area contributed by atoms with E-state index in [0.717, 1.165) is 23.7 Å². The van der Waals surface area contributed by atoms with Crippen molar-refractivity contribution in [1.29, 1.82) is 0 Å². The average molecular weight is 239 g/mol. The van der Waals surface area contributed by atoms with E-state index in [-0.39, 0.29) is 0 Å². The fourth-order valence-electron chi connectivity index (χ4n) is 1.73. The van der Waals surface area contributed by atoms with Crippen molar-refractivity contribution in [3.8, 4) is 0 Å². The highest BCUT2D eigenvalue weighted by atomic mass is 32.2. The van der Waals surface area contributed by atoms with Gasteiger partial charge >= 0.3 is 5.97 Å². The molecule has 0 amide bonds. The Morgan fingerprint density at radius 2 is 2.00 bits per heavy atom. The summed E-state index contributed by atoms with van der Waals surface area (Å²) in [6.45, 7) is 5.69. The average Bonchev–Trinajstić information content (AvgIpc) is 2.30. The van der Waals surface area contributed by atoms with Gasteiger partial charge in [-0.2, -0.15) is 0 Å². The number of thioether (sulfide) groups is 1. The summed E-state index contributed by atoms with van der Waals surface area (Å²) in [5.74, 6) is -0.855. The molecule has 16 heavy (non-hydrogen) atoms. The molecule has 4 heteroatoms. The lowest BCUT2D eigenvalue weighted by atomic mass is 10.1. The molecule has 0 aliphatic carbocycles. The predicted molar refractivity (Wildman–Crippen MR) is 68.7 cm³/mol. The van der Waals surface area contributed by atoms with Crippen molar-refractivity contribution in [2.45, 2.75) is 18.7 Å². The van der Waals surface area contributed by atoms with E-state index in [9.17, 15) is 9.90 Å². The highest BCUT2D eigenvalue weighted by Crippen LogP contribution is 2.29. The number of anilines is 1. The first-order valence-electron chi connectivity index (χ1n) is 5.30. The van der Waals surface area contributed by atoms with Crippen molar-refractivity contribution in [1.82, 2.24) is 0 Å². The summed E-state index contributed by atoms with van der Waals surface area (Å²) >= 11 is 1.47. The number of nitrogens with zero attached hydrogens (tertiary/aromatic N) is 1. The van der Waals surface area contributed by atoms with Crippen LogP contribution in [0.3, 0.4) is 0 Å². The summed E-state index contributed by atoms with van der Waals surface area (Å²) in [5.41, 5.74) is 1.23. The van der Waals surface area contributed by atoms with Crippen molar-refractivity contribution in [3.63, 3.8) is 0 Å². The van der Waals surface area contributed by atoms with E-state index < -0.39 is 5.97 Å². The summed E-state index contributed by atoms with van der Waals surface area (Å²) in [6.07, 6.45) is 1.90. The van der Waals surface area contributed by atoms with Gasteiger partial charge in [0.25, 0.3) is 0 Å². The van der Waals surface area contributed by atoms with E-state index in [0.29, 0.717) is 5.56 Å². The Labute approximate surface area is 100 Å². The number of benzene rings is 1. The molecule has 0 heterocycles. The molecule has 1 aromatic carbocycles. The molecule has 0 atom stereocenters. The van der Waals surface area contributed by atoms with Crippen LogP contribution in [0.15, 0.2) is 23.1 Å². The van der Waals surface area contributed by atoms with Gasteiger partial charge in [-0.05, 0) is 32.2 Å². The van der Waals surface area contributed by atoms with Crippen LogP contribution in [0, 0.1) is 0 Å². The zero-order valence-corrected chi connectivity index (χ0v) is 10.7. The molecule has 0 aromatic heterocycles. The van der Waals surface area contributed by atoms with Crippen molar-refractivity contribution in [3.05, 3.63) is 23.8 Å². The molecule has 0 radical (unpaired) electrons. The Balaban J connectivity index is 3.31. The van der Waals surface area contributed by atoms with Crippen LogP contribution in [0.4, 0.5) is 5.69 Å². The Bertz CT molecular complexity index is 375. The number of carboxylic acids is 1. The Kier molecular flexibility index (Phi) is 4.68. The van der Waals surface area contributed by atoms with E-state index in [1.165, 1.54) is 11.8 Å². The van der Waals surface area contributed by atoms with Crippen molar-refractivity contribution in [2.24, 2.45) is 0 Å². The maximum atomic E-state index is 11.3. The Morgan fingerprint density at radius 1 is 1.38 bits per heavy atom. The van der Waals surface area contributed by atoms with Gasteiger partial charge in [-0.1, -0.05) is 6.07 Å². The van der Waals surface area contributed by atoms with E-state index >= 15 is 0 Å². The van der Waals surface area contributed by atoms with Crippen LogP contribution in [-0.2, 0) is 0 Å². The van der Waals surface area contributed by atoms with E-state index in [1.807, 2.05) is 38.3 Å². The molecule has 1 N–H and O–H groups in total. The monoisotopic (exact) mass is 239 g/mol. The molecule has 1 aromatic rings. The lowest BCUT2D eigenvalue weighted by Gasteiger charge is -2.23. The van der Waals surface area contributed by atoms with Crippen LogP contribution in [0.2, 0.25) is 0 Å². The van der Waals surface area contributed by atoms with Crippen LogP contribution in [0.1, 0.15) is 24.2 Å². The maximum absolute atomic E-state index is 11.3. The summed E-state index contributed by atoms with van der Waals surface area (Å²) in [7, 11) is 0. The molecular weight excluding hydrogens is 222 g/mol. The smallest absolute Gasteiger partial charge is 0.338 e. The van der Waals surface area contributed by atoms with Crippen LogP contribution in [0.25, 0.3) is 0 Å². The third-order valence-electron chi connectivity index (χ3n) is 2.54. The van der Waals surface area contributed by atoms with Crippen molar-refractivity contribution >= 4 is 23.4 Å². The molecule has 0 spiro atoms. The minimum absolute atomic E-state index is 0.415. The van der Waals surface area contributed by atoms with Crippen LogP contribution in [-0.4, -0.2) is 30.4 Å². The van der Waals surface area contributed by atoms with Gasteiger partial charge in [-0.25, -0.2) is 4.79 Å². The third kappa shape index (κ3) is 2.50.